The number of nitrogens with zero attached hydrogens (tertiary/aromatic N) is 3. The lowest BCUT2D eigenvalue weighted by Gasteiger charge is -1.93. The molecule has 0 saturated carbocycles. The molecule has 90 valence electrons. The van der Waals surface area contributed by atoms with Gasteiger partial charge in [-0.15, -0.1) is 21.5 Å². The number of nitrogens with one attached hydrogen (secondary N) is 1. The molecule has 0 radical (unpaired) electrons. The van der Waals surface area contributed by atoms with E-state index < -0.39 is 0 Å². The zero-order chi connectivity index (χ0) is 12.3. The first-order valence-electron chi connectivity index (χ1n) is 4.36. The van der Waals surface area contributed by atoms with Crippen LogP contribution in [0.25, 0.3) is 0 Å². The summed E-state index contributed by atoms with van der Waals surface area (Å²) >= 11 is 4.04. The zero-order valence-electron chi connectivity index (χ0n) is 8.41. The van der Waals surface area contributed by atoms with E-state index in [2.05, 4.69) is 15.2 Å². The molecule has 0 bridgehead atoms. The lowest BCUT2D eigenvalue weighted by molar-refractivity contribution is 0.0953. The van der Waals surface area contributed by atoms with Crippen molar-refractivity contribution in [2.24, 2.45) is 5.84 Å². The lowest BCUT2D eigenvalue weighted by atomic mass is 10.5. The summed E-state index contributed by atoms with van der Waals surface area (Å²) in [5.74, 6) is 5.24. The van der Waals surface area contributed by atoms with Gasteiger partial charge in [-0.2, -0.15) is 0 Å². The smallest absolute Gasteiger partial charge is 0.294 e. The number of thioether (sulfide) groups is 1. The minimum absolute atomic E-state index is 0.347. The van der Waals surface area contributed by atoms with Gasteiger partial charge in [0.2, 0.25) is 5.13 Å². The molecule has 0 aliphatic heterocycles. The van der Waals surface area contributed by atoms with Crippen LogP contribution in [0.3, 0.4) is 0 Å². The maximum Gasteiger partial charge on any atom is 0.294 e. The van der Waals surface area contributed by atoms with Gasteiger partial charge in [-0.25, -0.2) is 10.8 Å². The van der Waals surface area contributed by atoms with Crippen molar-refractivity contribution in [3.63, 3.8) is 0 Å². The van der Waals surface area contributed by atoms with Crippen molar-refractivity contribution in [1.82, 2.24) is 20.6 Å². The van der Waals surface area contributed by atoms with Gasteiger partial charge in [0.15, 0.2) is 9.35 Å². The molecule has 0 aliphatic rings. The highest BCUT2D eigenvalue weighted by Crippen LogP contribution is 2.27. The van der Waals surface area contributed by atoms with Crippen LogP contribution in [0.15, 0.2) is 9.72 Å². The molecule has 1 amide bonds. The third kappa shape index (κ3) is 3.12. The Labute approximate surface area is 109 Å². The summed E-state index contributed by atoms with van der Waals surface area (Å²) in [6.07, 6.45) is 0. The van der Waals surface area contributed by atoms with Crippen molar-refractivity contribution in [2.75, 3.05) is 5.73 Å². The number of aromatic nitrogens is 3. The Morgan fingerprint density at radius 2 is 2.35 bits per heavy atom. The van der Waals surface area contributed by atoms with Gasteiger partial charge < -0.3 is 5.73 Å². The number of hydrogen-bond acceptors (Lipinski definition) is 9. The molecule has 7 nitrogen and oxygen atoms in total. The van der Waals surface area contributed by atoms with Crippen LogP contribution in [0.2, 0.25) is 0 Å². The van der Waals surface area contributed by atoms with E-state index in [-0.39, 0.29) is 5.91 Å². The fraction of sp³-hybridized carbons (Fsp3) is 0.143. The fourth-order valence-electron chi connectivity index (χ4n) is 0.954. The van der Waals surface area contributed by atoms with E-state index in [1.807, 2.05) is 10.8 Å². The van der Waals surface area contributed by atoms with Crippen molar-refractivity contribution in [3.8, 4) is 0 Å². The molecule has 2 heterocycles. The zero-order valence-corrected chi connectivity index (χ0v) is 10.9. The largest absolute Gasteiger partial charge is 0.374 e. The van der Waals surface area contributed by atoms with E-state index in [9.17, 15) is 4.79 Å². The predicted molar refractivity (Wildman–Crippen MR) is 67.6 cm³/mol. The van der Waals surface area contributed by atoms with Crippen molar-refractivity contribution < 1.29 is 4.79 Å². The Kier molecular flexibility index (Phi) is 3.89. The molecule has 0 fully saturated rings. The Bertz CT molecular complexity index is 523. The van der Waals surface area contributed by atoms with Gasteiger partial charge in [0, 0.05) is 11.1 Å². The summed E-state index contributed by atoms with van der Waals surface area (Å²) in [6, 6.07) is 0. The summed E-state index contributed by atoms with van der Waals surface area (Å²) in [5.41, 5.74) is 8.30. The minimum atomic E-state index is -0.383. The summed E-state index contributed by atoms with van der Waals surface area (Å²) in [4.78, 5) is 15.3. The molecule has 17 heavy (non-hydrogen) atoms. The molecular weight excluding hydrogens is 280 g/mol. The monoisotopic (exact) mass is 288 g/mol. The number of hydrogen-bond donors (Lipinski definition) is 3. The average Bonchev–Trinajstić information content (AvgIpc) is 2.94. The number of thiazole rings is 1. The van der Waals surface area contributed by atoms with Crippen LogP contribution in [-0.2, 0) is 5.75 Å². The summed E-state index contributed by atoms with van der Waals surface area (Å²) in [7, 11) is 0. The van der Waals surface area contributed by atoms with Gasteiger partial charge >= 0.3 is 0 Å². The third-order valence-corrected chi connectivity index (χ3v) is 4.45. The molecule has 0 spiro atoms. The Balaban J connectivity index is 1.95. The van der Waals surface area contributed by atoms with Gasteiger partial charge in [0.1, 0.15) is 0 Å². The molecule has 0 atom stereocenters. The van der Waals surface area contributed by atoms with Gasteiger partial charge in [-0.05, 0) is 0 Å². The molecule has 2 rings (SSSR count). The van der Waals surface area contributed by atoms with Crippen LogP contribution in [-0.4, -0.2) is 21.1 Å². The second kappa shape index (κ2) is 5.40. The van der Waals surface area contributed by atoms with Gasteiger partial charge in [0.05, 0.1) is 5.69 Å². The molecule has 0 aliphatic carbocycles. The van der Waals surface area contributed by atoms with Crippen LogP contribution >= 0.6 is 34.4 Å². The second-order valence-electron chi connectivity index (χ2n) is 2.81. The molecule has 0 aromatic carbocycles. The topological polar surface area (TPSA) is 120 Å². The highest BCUT2D eigenvalue weighted by Gasteiger charge is 2.10. The van der Waals surface area contributed by atoms with E-state index in [0.717, 1.165) is 10.0 Å². The minimum Gasteiger partial charge on any atom is -0.374 e. The first-order valence-corrected chi connectivity index (χ1v) is 7.04. The standard InChI is InChI=1S/C7H8N6OS3/c8-6-12-13-7(17-6)16-2-3-1-15-5(10-3)4(14)11-9/h1H,2,9H2,(H2,8,12)(H,11,14). The number of carbonyl (C=O) groups excluding carboxylic acids is 1. The highest BCUT2D eigenvalue weighted by atomic mass is 32.2. The number of anilines is 1. The lowest BCUT2D eigenvalue weighted by Crippen LogP contribution is -2.29. The number of nitrogens with two attached hydrogens (primary N) is 2. The van der Waals surface area contributed by atoms with E-state index >= 15 is 0 Å². The fourth-order valence-corrected chi connectivity index (χ4v) is 3.31. The quantitative estimate of drug-likeness (QED) is 0.324. The number of hydrazine groups is 1. The van der Waals surface area contributed by atoms with Crippen LogP contribution in [0.4, 0.5) is 5.13 Å². The molecule has 2 aromatic rings. The molecular formula is C7H8N6OS3. The highest BCUT2D eigenvalue weighted by molar-refractivity contribution is 8.00. The number of carbonyl (C=O) groups is 1. The summed E-state index contributed by atoms with van der Waals surface area (Å²) in [5, 5.41) is 10.2. The normalized spacial score (nSPS) is 10.4. The van der Waals surface area contributed by atoms with Gasteiger partial charge in [-0.1, -0.05) is 23.1 Å². The van der Waals surface area contributed by atoms with Gasteiger partial charge in [0.25, 0.3) is 5.91 Å². The Hall–Kier alpha value is -1.23. The maximum atomic E-state index is 11.2. The van der Waals surface area contributed by atoms with Crippen LogP contribution < -0.4 is 17.0 Å². The summed E-state index contributed by atoms with van der Waals surface area (Å²) < 4.78 is 0.778. The maximum absolute atomic E-state index is 11.2. The summed E-state index contributed by atoms with van der Waals surface area (Å²) in [6.45, 7) is 0. The van der Waals surface area contributed by atoms with E-state index in [1.165, 1.54) is 34.4 Å². The molecule has 10 heteroatoms. The Morgan fingerprint density at radius 3 is 3.00 bits per heavy atom. The first-order chi connectivity index (χ1) is 8.19. The number of rotatable bonds is 4. The molecule has 2 aromatic heterocycles. The van der Waals surface area contributed by atoms with E-state index in [1.54, 1.807) is 0 Å². The van der Waals surface area contributed by atoms with Crippen molar-refractivity contribution in [1.29, 1.82) is 0 Å². The predicted octanol–water partition coefficient (Wildman–Crippen LogP) is 0.473. The number of amides is 1. The number of nitrogen functional groups attached to an aromatic ring is 2. The van der Waals surface area contributed by atoms with Gasteiger partial charge in [-0.3, -0.25) is 10.2 Å². The van der Waals surface area contributed by atoms with Crippen molar-refractivity contribution in [3.05, 3.63) is 16.1 Å². The third-order valence-electron chi connectivity index (χ3n) is 1.64. The van der Waals surface area contributed by atoms with E-state index in [4.69, 9.17) is 11.6 Å². The molecule has 5 N–H and O–H groups in total. The first kappa shape index (κ1) is 12.2. The average molecular weight is 288 g/mol. The van der Waals surface area contributed by atoms with E-state index in [0.29, 0.717) is 15.9 Å². The molecule has 0 unspecified atom stereocenters. The van der Waals surface area contributed by atoms with Crippen molar-refractivity contribution >= 4 is 45.5 Å². The molecule has 0 saturated heterocycles. The van der Waals surface area contributed by atoms with Crippen molar-refractivity contribution in [2.45, 2.75) is 10.1 Å². The SMILES string of the molecule is NNC(=O)c1nc(CSc2nnc(N)s2)cs1. The van der Waals surface area contributed by atoms with Crippen LogP contribution in [0.1, 0.15) is 15.5 Å². The second-order valence-corrected chi connectivity index (χ2v) is 5.90. The Morgan fingerprint density at radius 1 is 1.53 bits per heavy atom. The van der Waals surface area contributed by atoms with Crippen LogP contribution in [0.5, 0.6) is 0 Å². The van der Waals surface area contributed by atoms with Crippen LogP contribution in [0, 0.1) is 0 Å².